The first kappa shape index (κ1) is 11.3. The molecule has 0 unspecified atom stereocenters. The predicted molar refractivity (Wildman–Crippen MR) is 70.3 cm³/mol. The highest BCUT2D eigenvalue weighted by molar-refractivity contribution is 6.33. The van der Waals surface area contributed by atoms with Gasteiger partial charge in [0, 0.05) is 5.69 Å². The second-order valence-corrected chi connectivity index (χ2v) is 3.93. The molecule has 2 aromatic carbocycles. The fourth-order valence-electron chi connectivity index (χ4n) is 1.46. The Bertz CT molecular complexity index is 587. The normalized spacial score (nSPS) is 9.65. The molecule has 4 heteroatoms. The number of nitrogens with zero attached hydrogens (tertiary/aromatic N) is 1. The third-order valence-electron chi connectivity index (χ3n) is 2.32. The number of nitriles is 1. The number of hydrogen-bond donors (Lipinski definition) is 2. The standard InChI is InChI=1S/C13H10ClN3/c14-11-3-1-2-4-13(11)17-10-6-5-9(8-15)12(16)7-10/h1-7,17H,16H2. The van der Waals surface area contributed by atoms with Crippen molar-refractivity contribution in [1.29, 1.82) is 5.26 Å². The van der Waals surface area contributed by atoms with Crippen LogP contribution in [0.4, 0.5) is 17.1 Å². The lowest BCUT2D eigenvalue weighted by molar-refractivity contribution is 1.47. The first-order chi connectivity index (χ1) is 8.20. The van der Waals surface area contributed by atoms with E-state index in [0.29, 0.717) is 16.3 Å². The van der Waals surface area contributed by atoms with Crippen LogP contribution in [0.25, 0.3) is 0 Å². The van der Waals surface area contributed by atoms with Crippen molar-refractivity contribution in [3.05, 3.63) is 53.1 Å². The van der Waals surface area contributed by atoms with Crippen molar-refractivity contribution in [1.82, 2.24) is 0 Å². The first-order valence-electron chi connectivity index (χ1n) is 5.02. The Hall–Kier alpha value is -2.18. The average Bonchev–Trinajstić information content (AvgIpc) is 2.32. The molecule has 0 amide bonds. The van der Waals surface area contributed by atoms with Gasteiger partial charge in [-0.2, -0.15) is 5.26 Å². The van der Waals surface area contributed by atoms with Crippen LogP contribution in [0.5, 0.6) is 0 Å². The number of hydrogen-bond acceptors (Lipinski definition) is 3. The van der Waals surface area contributed by atoms with Crippen molar-refractivity contribution in [2.45, 2.75) is 0 Å². The molecular weight excluding hydrogens is 234 g/mol. The summed E-state index contributed by atoms with van der Waals surface area (Å²) in [5, 5.41) is 12.5. The van der Waals surface area contributed by atoms with Gasteiger partial charge in [-0.1, -0.05) is 23.7 Å². The van der Waals surface area contributed by atoms with Crippen molar-refractivity contribution in [2.24, 2.45) is 0 Å². The molecule has 2 aromatic rings. The maximum atomic E-state index is 8.77. The van der Waals surface area contributed by atoms with Crippen molar-refractivity contribution < 1.29 is 0 Å². The summed E-state index contributed by atoms with van der Waals surface area (Å²) in [5.41, 5.74) is 8.25. The van der Waals surface area contributed by atoms with E-state index in [1.54, 1.807) is 24.3 Å². The zero-order valence-electron chi connectivity index (χ0n) is 8.94. The molecule has 2 rings (SSSR count). The lowest BCUT2D eigenvalue weighted by Crippen LogP contribution is -1.95. The highest BCUT2D eigenvalue weighted by atomic mass is 35.5. The van der Waals surface area contributed by atoms with Crippen molar-refractivity contribution in [3.8, 4) is 6.07 Å². The fourth-order valence-corrected chi connectivity index (χ4v) is 1.64. The molecule has 0 bridgehead atoms. The summed E-state index contributed by atoms with van der Waals surface area (Å²) in [6.07, 6.45) is 0. The highest BCUT2D eigenvalue weighted by Crippen LogP contribution is 2.26. The molecule has 0 saturated heterocycles. The minimum absolute atomic E-state index is 0.449. The summed E-state index contributed by atoms with van der Waals surface area (Å²) < 4.78 is 0. The van der Waals surface area contributed by atoms with E-state index >= 15 is 0 Å². The molecule has 0 aliphatic carbocycles. The van der Waals surface area contributed by atoms with E-state index in [1.807, 2.05) is 24.3 Å². The van der Waals surface area contributed by atoms with Crippen LogP contribution in [-0.4, -0.2) is 0 Å². The Morgan fingerprint density at radius 2 is 1.94 bits per heavy atom. The van der Waals surface area contributed by atoms with E-state index in [4.69, 9.17) is 22.6 Å². The SMILES string of the molecule is N#Cc1ccc(Nc2ccccc2Cl)cc1N. The Balaban J connectivity index is 2.29. The molecule has 0 aliphatic heterocycles. The molecular formula is C13H10ClN3. The van der Waals surface area contributed by atoms with Crippen molar-refractivity contribution in [3.63, 3.8) is 0 Å². The van der Waals surface area contributed by atoms with Gasteiger partial charge in [-0.05, 0) is 30.3 Å². The molecule has 0 radical (unpaired) electrons. The van der Waals surface area contributed by atoms with Gasteiger partial charge in [0.15, 0.2) is 0 Å². The van der Waals surface area contributed by atoms with Crippen LogP contribution in [0.3, 0.4) is 0 Å². The fraction of sp³-hybridized carbons (Fsp3) is 0. The molecule has 0 aromatic heterocycles. The van der Waals surface area contributed by atoms with Crippen LogP contribution in [0.1, 0.15) is 5.56 Å². The number of halogens is 1. The number of nitrogens with two attached hydrogens (primary N) is 1. The first-order valence-corrected chi connectivity index (χ1v) is 5.39. The number of nitrogens with one attached hydrogen (secondary N) is 1. The average molecular weight is 244 g/mol. The summed E-state index contributed by atoms with van der Waals surface area (Å²) >= 11 is 6.03. The van der Waals surface area contributed by atoms with Gasteiger partial charge in [0.1, 0.15) is 6.07 Å². The van der Waals surface area contributed by atoms with E-state index in [1.165, 1.54) is 0 Å². The van der Waals surface area contributed by atoms with E-state index in [9.17, 15) is 0 Å². The minimum Gasteiger partial charge on any atom is -0.398 e. The summed E-state index contributed by atoms with van der Waals surface area (Å²) in [6.45, 7) is 0. The quantitative estimate of drug-likeness (QED) is 0.793. The Morgan fingerprint density at radius 3 is 2.59 bits per heavy atom. The molecule has 0 aliphatic rings. The number of rotatable bonds is 2. The van der Waals surface area contributed by atoms with E-state index in [2.05, 4.69) is 5.32 Å². The number of para-hydroxylation sites is 1. The third kappa shape index (κ3) is 2.49. The number of nitrogen functional groups attached to an aromatic ring is 1. The third-order valence-corrected chi connectivity index (χ3v) is 2.65. The lowest BCUT2D eigenvalue weighted by Gasteiger charge is -2.09. The summed E-state index contributed by atoms with van der Waals surface area (Å²) in [6, 6.07) is 14.6. The van der Waals surface area contributed by atoms with Gasteiger partial charge in [0.05, 0.1) is 22.0 Å². The number of benzene rings is 2. The summed E-state index contributed by atoms with van der Waals surface area (Å²) in [7, 11) is 0. The topological polar surface area (TPSA) is 61.8 Å². The molecule has 0 fully saturated rings. The van der Waals surface area contributed by atoms with Gasteiger partial charge in [0.25, 0.3) is 0 Å². The van der Waals surface area contributed by atoms with E-state index < -0.39 is 0 Å². The van der Waals surface area contributed by atoms with Gasteiger partial charge in [-0.3, -0.25) is 0 Å². The van der Waals surface area contributed by atoms with Crippen LogP contribution in [0, 0.1) is 11.3 Å². The second kappa shape index (κ2) is 4.77. The van der Waals surface area contributed by atoms with Crippen LogP contribution < -0.4 is 11.1 Å². The summed E-state index contributed by atoms with van der Waals surface area (Å²) in [4.78, 5) is 0. The molecule has 0 atom stereocenters. The van der Waals surface area contributed by atoms with Crippen molar-refractivity contribution >= 4 is 28.7 Å². The second-order valence-electron chi connectivity index (χ2n) is 3.52. The molecule has 3 nitrogen and oxygen atoms in total. The van der Waals surface area contributed by atoms with Crippen LogP contribution in [0.2, 0.25) is 5.02 Å². The maximum Gasteiger partial charge on any atom is 0.101 e. The van der Waals surface area contributed by atoms with Gasteiger partial charge in [-0.25, -0.2) is 0 Å². The number of anilines is 3. The lowest BCUT2D eigenvalue weighted by atomic mass is 10.2. The van der Waals surface area contributed by atoms with Gasteiger partial charge in [-0.15, -0.1) is 0 Å². The maximum absolute atomic E-state index is 8.77. The summed E-state index contributed by atoms with van der Waals surface area (Å²) in [5.74, 6) is 0. The molecule has 84 valence electrons. The zero-order valence-corrected chi connectivity index (χ0v) is 9.70. The molecule has 0 heterocycles. The Kier molecular flexibility index (Phi) is 3.17. The van der Waals surface area contributed by atoms with Gasteiger partial charge in [0.2, 0.25) is 0 Å². The monoisotopic (exact) mass is 243 g/mol. The van der Waals surface area contributed by atoms with Gasteiger partial charge >= 0.3 is 0 Å². The highest BCUT2D eigenvalue weighted by Gasteiger charge is 2.02. The molecule has 17 heavy (non-hydrogen) atoms. The Morgan fingerprint density at radius 1 is 1.18 bits per heavy atom. The Labute approximate surface area is 104 Å². The minimum atomic E-state index is 0.449. The van der Waals surface area contributed by atoms with Crippen LogP contribution >= 0.6 is 11.6 Å². The van der Waals surface area contributed by atoms with Crippen LogP contribution in [-0.2, 0) is 0 Å². The van der Waals surface area contributed by atoms with Gasteiger partial charge < -0.3 is 11.1 Å². The van der Waals surface area contributed by atoms with E-state index in [0.717, 1.165) is 11.4 Å². The zero-order chi connectivity index (χ0) is 12.3. The largest absolute Gasteiger partial charge is 0.398 e. The predicted octanol–water partition coefficient (Wildman–Crippen LogP) is 3.54. The smallest absolute Gasteiger partial charge is 0.101 e. The molecule has 3 N–H and O–H groups in total. The van der Waals surface area contributed by atoms with E-state index in [-0.39, 0.29) is 0 Å². The molecule has 0 spiro atoms. The van der Waals surface area contributed by atoms with Crippen molar-refractivity contribution in [2.75, 3.05) is 11.1 Å². The molecule has 0 saturated carbocycles. The van der Waals surface area contributed by atoms with Crippen LogP contribution in [0.15, 0.2) is 42.5 Å².